The molecule has 1 aromatic carbocycles. The van der Waals surface area contributed by atoms with Gasteiger partial charge in [-0.15, -0.1) is 11.3 Å². The summed E-state index contributed by atoms with van der Waals surface area (Å²) in [4.78, 5) is 17.2. The maximum absolute atomic E-state index is 11.9. The molecule has 0 bridgehead atoms. The van der Waals surface area contributed by atoms with E-state index < -0.39 is 0 Å². The Morgan fingerprint density at radius 3 is 3.00 bits per heavy atom. The molecule has 0 spiro atoms. The molecule has 0 radical (unpaired) electrons. The summed E-state index contributed by atoms with van der Waals surface area (Å²) in [6.45, 7) is 2.36. The standard InChI is InChI=1S/C12H12ClN3OS/c1-7-5-15-11(18-7)6-16-12(17)9-4-8(13)2-3-10(9)14/h2-5H,6,14H2,1H3,(H,16,17). The highest BCUT2D eigenvalue weighted by Crippen LogP contribution is 2.18. The number of aromatic nitrogens is 1. The van der Waals surface area contributed by atoms with E-state index in [-0.39, 0.29) is 5.91 Å². The van der Waals surface area contributed by atoms with Crippen molar-refractivity contribution >= 4 is 34.5 Å². The molecule has 6 heteroatoms. The van der Waals surface area contributed by atoms with Crippen molar-refractivity contribution in [3.05, 3.63) is 44.9 Å². The molecule has 0 fully saturated rings. The van der Waals surface area contributed by atoms with Gasteiger partial charge in [0, 0.05) is 21.8 Å². The van der Waals surface area contributed by atoms with Gasteiger partial charge in [0.15, 0.2) is 0 Å². The molecule has 0 aliphatic carbocycles. The first-order chi connectivity index (χ1) is 8.56. The van der Waals surface area contributed by atoms with E-state index in [2.05, 4.69) is 10.3 Å². The Bertz CT molecular complexity index is 582. The topological polar surface area (TPSA) is 68.0 Å². The van der Waals surface area contributed by atoms with E-state index in [1.807, 2.05) is 6.92 Å². The largest absolute Gasteiger partial charge is 0.398 e. The van der Waals surface area contributed by atoms with Gasteiger partial charge in [0.25, 0.3) is 5.91 Å². The minimum absolute atomic E-state index is 0.247. The molecule has 18 heavy (non-hydrogen) atoms. The van der Waals surface area contributed by atoms with Crippen molar-refractivity contribution in [2.45, 2.75) is 13.5 Å². The van der Waals surface area contributed by atoms with Crippen molar-refractivity contribution < 1.29 is 4.79 Å². The van der Waals surface area contributed by atoms with Gasteiger partial charge in [-0.25, -0.2) is 4.98 Å². The van der Waals surface area contributed by atoms with Gasteiger partial charge in [-0.3, -0.25) is 4.79 Å². The number of nitrogens with one attached hydrogen (secondary N) is 1. The molecule has 1 amide bonds. The number of anilines is 1. The van der Waals surface area contributed by atoms with Gasteiger partial charge in [-0.05, 0) is 25.1 Å². The summed E-state index contributed by atoms with van der Waals surface area (Å²) in [6, 6.07) is 4.82. The number of carbonyl (C=O) groups is 1. The molecule has 0 aliphatic heterocycles. The Morgan fingerprint density at radius 2 is 2.33 bits per heavy atom. The van der Waals surface area contributed by atoms with Crippen LogP contribution in [0.2, 0.25) is 5.02 Å². The van der Waals surface area contributed by atoms with Crippen LogP contribution < -0.4 is 11.1 Å². The summed E-state index contributed by atoms with van der Waals surface area (Å²) in [7, 11) is 0. The minimum atomic E-state index is -0.247. The molecule has 0 aliphatic rings. The average molecular weight is 282 g/mol. The highest BCUT2D eigenvalue weighted by molar-refractivity contribution is 7.11. The lowest BCUT2D eigenvalue weighted by atomic mass is 10.1. The number of hydrogen-bond donors (Lipinski definition) is 2. The fourth-order valence-electron chi connectivity index (χ4n) is 1.46. The summed E-state index contributed by atoms with van der Waals surface area (Å²) >= 11 is 7.38. The lowest BCUT2D eigenvalue weighted by Gasteiger charge is -2.06. The van der Waals surface area contributed by atoms with Crippen LogP contribution in [0.5, 0.6) is 0 Å². The number of rotatable bonds is 3. The Kier molecular flexibility index (Phi) is 3.84. The van der Waals surface area contributed by atoms with Gasteiger partial charge >= 0.3 is 0 Å². The normalized spacial score (nSPS) is 10.3. The molecule has 2 rings (SSSR count). The molecule has 1 heterocycles. The van der Waals surface area contributed by atoms with Crippen molar-refractivity contribution in [1.82, 2.24) is 10.3 Å². The van der Waals surface area contributed by atoms with Crippen LogP contribution in [0.1, 0.15) is 20.2 Å². The highest BCUT2D eigenvalue weighted by atomic mass is 35.5. The predicted molar refractivity (Wildman–Crippen MR) is 73.9 cm³/mol. The van der Waals surface area contributed by atoms with E-state index >= 15 is 0 Å². The quantitative estimate of drug-likeness (QED) is 0.850. The van der Waals surface area contributed by atoms with Crippen molar-refractivity contribution in [3.8, 4) is 0 Å². The number of halogens is 1. The summed E-state index contributed by atoms with van der Waals surface area (Å²) in [5, 5.41) is 4.12. The third-order valence-corrected chi connectivity index (χ3v) is 3.48. The average Bonchev–Trinajstić information content (AvgIpc) is 2.75. The van der Waals surface area contributed by atoms with Gasteiger partial charge in [0.1, 0.15) is 5.01 Å². The Hall–Kier alpha value is -1.59. The second-order valence-electron chi connectivity index (χ2n) is 3.78. The fraction of sp³-hybridized carbons (Fsp3) is 0.167. The van der Waals surface area contributed by atoms with Crippen LogP contribution in [0.15, 0.2) is 24.4 Å². The van der Waals surface area contributed by atoms with E-state index in [9.17, 15) is 4.79 Å². The first kappa shape index (κ1) is 12.9. The van der Waals surface area contributed by atoms with Crippen molar-refractivity contribution in [1.29, 1.82) is 0 Å². The van der Waals surface area contributed by atoms with Crippen molar-refractivity contribution in [2.75, 3.05) is 5.73 Å². The molecule has 2 aromatic rings. The Morgan fingerprint density at radius 1 is 1.56 bits per heavy atom. The zero-order valence-corrected chi connectivity index (χ0v) is 11.3. The molecular formula is C12H12ClN3OS. The number of hydrogen-bond acceptors (Lipinski definition) is 4. The maximum atomic E-state index is 11.9. The number of nitrogen functional groups attached to an aromatic ring is 1. The highest BCUT2D eigenvalue weighted by Gasteiger charge is 2.10. The van der Waals surface area contributed by atoms with Gasteiger partial charge < -0.3 is 11.1 Å². The van der Waals surface area contributed by atoms with Crippen LogP contribution >= 0.6 is 22.9 Å². The summed E-state index contributed by atoms with van der Waals surface area (Å²) in [6.07, 6.45) is 1.78. The molecule has 0 saturated heterocycles. The van der Waals surface area contributed by atoms with Gasteiger partial charge in [-0.1, -0.05) is 11.6 Å². The third kappa shape index (κ3) is 3.00. The SMILES string of the molecule is Cc1cnc(CNC(=O)c2cc(Cl)ccc2N)s1. The first-order valence-electron chi connectivity index (χ1n) is 5.31. The monoisotopic (exact) mass is 281 g/mol. The first-order valence-corrected chi connectivity index (χ1v) is 6.50. The van der Waals surface area contributed by atoms with Crippen LogP contribution in [-0.4, -0.2) is 10.9 Å². The maximum Gasteiger partial charge on any atom is 0.253 e. The van der Waals surface area contributed by atoms with Gasteiger partial charge in [-0.2, -0.15) is 0 Å². The Balaban J connectivity index is 2.05. The predicted octanol–water partition coefficient (Wildman–Crippen LogP) is 2.62. The number of aryl methyl sites for hydroxylation is 1. The summed E-state index contributed by atoms with van der Waals surface area (Å²) in [5.74, 6) is -0.247. The van der Waals surface area contributed by atoms with Crippen molar-refractivity contribution in [2.24, 2.45) is 0 Å². The number of carbonyl (C=O) groups excluding carboxylic acids is 1. The molecular weight excluding hydrogens is 270 g/mol. The molecule has 0 saturated carbocycles. The number of benzene rings is 1. The van der Waals surface area contributed by atoms with Crippen LogP contribution in [0.25, 0.3) is 0 Å². The number of nitrogens with two attached hydrogens (primary N) is 1. The van der Waals surface area contributed by atoms with Crippen LogP contribution in [0.4, 0.5) is 5.69 Å². The second kappa shape index (κ2) is 5.37. The number of nitrogens with zero attached hydrogens (tertiary/aromatic N) is 1. The number of amides is 1. The lowest BCUT2D eigenvalue weighted by Crippen LogP contribution is -2.23. The summed E-state index contributed by atoms with van der Waals surface area (Å²) in [5.41, 5.74) is 6.53. The van der Waals surface area contributed by atoms with E-state index in [1.165, 1.54) is 0 Å². The third-order valence-electron chi connectivity index (χ3n) is 2.33. The van der Waals surface area contributed by atoms with Crippen LogP contribution in [-0.2, 0) is 6.54 Å². The molecule has 3 N–H and O–H groups in total. The summed E-state index contributed by atoms with van der Waals surface area (Å²) < 4.78 is 0. The van der Waals surface area contributed by atoms with Crippen molar-refractivity contribution in [3.63, 3.8) is 0 Å². The number of thiazole rings is 1. The van der Waals surface area contributed by atoms with E-state index in [4.69, 9.17) is 17.3 Å². The van der Waals surface area contributed by atoms with Gasteiger partial charge in [0.05, 0.1) is 12.1 Å². The molecule has 0 unspecified atom stereocenters. The van der Waals surface area contributed by atoms with E-state index in [1.54, 1.807) is 35.7 Å². The molecule has 4 nitrogen and oxygen atoms in total. The van der Waals surface area contributed by atoms with Gasteiger partial charge in [0.2, 0.25) is 0 Å². The zero-order valence-electron chi connectivity index (χ0n) is 9.74. The Labute approximate surface area is 114 Å². The van der Waals surface area contributed by atoms with E-state index in [0.29, 0.717) is 22.8 Å². The van der Waals surface area contributed by atoms with Crippen LogP contribution in [0.3, 0.4) is 0 Å². The molecule has 0 atom stereocenters. The second-order valence-corrected chi connectivity index (χ2v) is 5.53. The zero-order chi connectivity index (χ0) is 13.1. The fourth-order valence-corrected chi connectivity index (χ4v) is 2.36. The van der Waals surface area contributed by atoms with E-state index in [0.717, 1.165) is 9.88 Å². The molecule has 94 valence electrons. The minimum Gasteiger partial charge on any atom is -0.398 e. The van der Waals surface area contributed by atoms with Crippen LogP contribution in [0, 0.1) is 6.92 Å². The molecule has 1 aromatic heterocycles. The smallest absolute Gasteiger partial charge is 0.253 e. The lowest BCUT2D eigenvalue weighted by molar-refractivity contribution is 0.0952.